The van der Waals surface area contributed by atoms with Crippen molar-refractivity contribution in [3.05, 3.63) is 52.5 Å². The van der Waals surface area contributed by atoms with Gasteiger partial charge in [0, 0.05) is 43.5 Å². The smallest absolute Gasteiger partial charge is 0.159 e. The maximum absolute atomic E-state index is 9.34. The van der Waals surface area contributed by atoms with Crippen molar-refractivity contribution in [1.29, 1.82) is 5.26 Å². The van der Waals surface area contributed by atoms with Gasteiger partial charge in [-0.2, -0.15) is 5.26 Å². The molecule has 0 spiro atoms. The summed E-state index contributed by atoms with van der Waals surface area (Å²) in [6.45, 7) is 4.11. The lowest BCUT2D eigenvalue weighted by Gasteiger charge is -2.29. The Balaban J connectivity index is 0.00000171. The third kappa shape index (κ3) is 5.41. The highest BCUT2D eigenvalue weighted by Gasteiger charge is 2.18. The Hall–Kier alpha value is -2.50. The number of anilines is 2. The topological polar surface area (TPSA) is 86.1 Å². The fourth-order valence-corrected chi connectivity index (χ4v) is 3.74. The predicted molar refractivity (Wildman–Crippen MR) is 129 cm³/mol. The molecule has 1 aliphatic rings. The number of rotatable bonds is 5. The molecule has 10 heteroatoms. The predicted octanol–water partition coefficient (Wildman–Crippen LogP) is 4.03. The zero-order valence-corrected chi connectivity index (χ0v) is 19.3. The van der Waals surface area contributed by atoms with Gasteiger partial charge < -0.3 is 20.3 Å². The van der Waals surface area contributed by atoms with E-state index in [-0.39, 0.29) is 24.8 Å². The Labute approximate surface area is 198 Å². The molecule has 2 heterocycles. The van der Waals surface area contributed by atoms with Crippen LogP contribution in [0.1, 0.15) is 11.1 Å². The van der Waals surface area contributed by atoms with Crippen molar-refractivity contribution in [2.45, 2.75) is 6.54 Å². The van der Waals surface area contributed by atoms with Crippen LogP contribution < -0.4 is 20.3 Å². The number of benzene rings is 2. The summed E-state index contributed by atoms with van der Waals surface area (Å²) < 4.78 is 5.20. The van der Waals surface area contributed by atoms with E-state index in [4.69, 9.17) is 16.3 Å². The van der Waals surface area contributed by atoms with Crippen molar-refractivity contribution in [3.8, 4) is 11.8 Å². The van der Waals surface area contributed by atoms with Gasteiger partial charge in [-0.1, -0.05) is 17.7 Å². The van der Waals surface area contributed by atoms with E-state index in [0.29, 0.717) is 28.7 Å². The second-order valence-corrected chi connectivity index (χ2v) is 7.21. The summed E-state index contributed by atoms with van der Waals surface area (Å²) in [4.78, 5) is 2.23. The van der Waals surface area contributed by atoms with E-state index >= 15 is 0 Å². The summed E-state index contributed by atoms with van der Waals surface area (Å²) in [5, 5.41) is 27.4. The maximum Gasteiger partial charge on any atom is 0.159 e. The monoisotopic (exact) mass is 480 g/mol. The lowest BCUT2D eigenvalue weighted by molar-refractivity contribution is 0.415. The fourth-order valence-electron chi connectivity index (χ4n) is 3.46. The van der Waals surface area contributed by atoms with E-state index in [1.807, 2.05) is 36.4 Å². The van der Waals surface area contributed by atoms with Gasteiger partial charge in [0.15, 0.2) is 11.6 Å². The number of aromatic nitrogens is 2. The van der Waals surface area contributed by atoms with Crippen molar-refractivity contribution in [3.63, 3.8) is 0 Å². The molecule has 164 valence electrons. The molecule has 1 fully saturated rings. The van der Waals surface area contributed by atoms with Crippen LogP contribution in [0.3, 0.4) is 0 Å². The molecule has 4 rings (SSSR count). The molecule has 0 unspecified atom stereocenters. The first-order chi connectivity index (χ1) is 14.2. The molecule has 31 heavy (non-hydrogen) atoms. The minimum atomic E-state index is 0. The molecule has 7 nitrogen and oxygen atoms in total. The Morgan fingerprint density at radius 2 is 1.90 bits per heavy atom. The van der Waals surface area contributed by atoms with Crippen LogP contribution in [0.2, 0.25) is 5.02 Å². The van der Waals surface area contributed by atoms with E-state index in [9.17, 15) is 5.26 Å². The average molecular weight is 482 g/mol. The van der Waals surface area contributed by atoms with Gasteiger partial charge >= 0.3 is 0 Å². The number of halogens is 3. The minimum absolute atomic E-state index is 0. The van der Waals surface area contributed by atoms with Gasteiger partial charge in [0.25, 0.3) is 0 Å². The van der Waals surface area contributed by atoms with Crippen LogP contribution in [0.5, 0.6) is 5.75 Å². The Kier molecular flexibility index (Phi) is 8.96. The highest BCUT2D eigenvalue weighted by Crippen LogP contribution is 2.30. The Bertz CT molecular complexity index is 1080. The lowest BCUT2D eigenvalue weighted by atomic mass is 10.1. The molecular formula is C21H23Cl3N6O. The van der Waals surface area contributed by atoms with Crippen molar-refractivity contribution in [2.75, 3.05) is 43.5 Å². The van der Waals surface area contributed by atoms with E-state index in [1.165, 1.54) is 0 Å². The Morgan fingerprint density at radius 3 is 2.58 bits per heavy atom. The van der Waals surface area contributed by atoms with E-state index in [2.05, 4.69) is 31.8 Å². The summed E-state index contributed by atoms with van der Waals surface area (Å²) in [6.07, 6.45) is 0. The zero-order chi connectivity index (χ0) is 20.2. The van der Waals surface area contributed by atoms with E-state index in [0.717, 1.165) is 48.3 Å². The largest absolute Gasteiger partial charge is 0.495 e. The second kappa shape index (κ2) is 11.2. The van der Waals surface area contributed by atoms with Crippen molar-refractivity contribution >= 4 is 58.8 Å². The SMILES string of the molecule is COc1ccc(CNc2nnc(N3CCNCC3)c3ccc(C#N)cc23)cc1Cl.Cl.Cl. The number of hydrogen-bond donors (Lipinski definition) is 2. The standard InChI is InChI=1S/C21H21ClN6O.2ClH/c1-29-19-5-3-15(11-18(19)22)13-25-20-17-10-14(12-23)2-4-16(17)21(27-26-20)28-8-6-24-7-9-28;;/h2-5,10-11,24H,6-9,13H2,1H3,(H,25,26);2*1H. The van der Waals surface area contributed by atoms with Crippen LogP contribution in [-0.2, 0) is 6.54 Å². The van der Waals surface area contributed by atoms with Gasteiger partial charge in [-0.25, -0.2) is 0 Å². The lowest BCUT2D eigenvalue weighted by Crippen LogP contribution is -2.44. The van der Waals surface area contributed by atoms with Crippen LogP contribution in [0.25, 0.3) is 10.8 Å². The molecular weight excluding hydrogens is 459 g/mol. The molecule has 2 aromatic carbocycles. The molecule has 2 N–H and O–H groups in total. The summed E-state index contributed by atoms with van der Waals surface area (Å²) in [5.74, 6) is 2.13. The first-order valence-electron chi connectivity index (χ1n) is 9.42. The summed E-state index contributed by atoms with van der Waals surface area (Å²) in [5.41, 5.74) is 1.58. The van der Waals surface area contributed by atoms with Gasteiger partial charge in [-0.3, -0.25) is 0 Å². The number of nitriles is 1. The normalized spacial score (nSPS) is 13.0. The third-order valence-corrected chi connectivity index (χ3v) is 5.28. The maximum atomic E-state index is 9.34. The first-order valence-corrected chi connectivity index (χ1v) is 9.80. The van der Waals surface area contributed by atoms with Crippen molar-refractivity contribution in [1.82, 2.24) is 15.5 Å². The number of fused-ring (bicyclic) bond motifs is 1. The van der Waals surface area contributed by atoms with Crippen LogP contribution in [-0.4, -0.2) is 43.5 Å². The highest BCUT2D eigenvalue weighted by atomic mass is 35.5. The van der Waals surface area contributed by atoms with Crippen molar-refractivity contribution in [2.24, 2.45) is 0 Å². The number of piperazine rings is 1. The van der Waals surface area contributed by atoms with Gasteiger partial charge in [-0.05, 0) is 35.9 Å². The molecule has 0 aliphatic carbocycles. The number of hydrogen-bond acceptors (Lipinski definition) is 7. The average Bonchev–Trinajstić information content (AvgIpc) is 2.77. The van der Waals surface area contributed by atoms with Crippen LogP contribution in [0.4, 0.5) is 11.6 Å². The van der Waals surface area contributed by atoms with Crippen molar-refractivity contribution < 1.29 is 4.74 Å². The van der Waals surface area contributed by atoms with Gasteiger partial charge in [-0.15, -0.1) is 35.0 Å². The molecule has 1 saturated heterocycles. The Morgan fingerprint density at radius 1 is 1.13 bits per heavy atom. The van der Waals surface area contributed by atoms with Gasteiger partial charge in [0.05, 0.1) is 23.8 Å². The second-order valence-electron chi connectivity index (χ2n) is 6.80. The minimum Gasteiger partial charge on any atom is -0.495 e. The quantitative estimate of drug-likeness (QED) is 0.569. The molecule has 0 bridgehead atoms. The molecule has 1 aromatic heterocycles. The highest BCUT2D eigenvalue weighted by molar-refractivity contribution is 6.32. The summed E-state index contributed by atoms with van der Waals surface area (Å²) in [7, 11) is 1.59. The first kappa shape index (κ1) is 24.8. The summed E-state index contributed by atoms with van der Waals surface area (Å²) >= 11 is 6.23. The molecule has 0 atom stereocenters. The van der Waals surface area contributed by atoms with Crippen LogP contribution in [0.15, 0.2) is 36.4 Å². The molecule has 0 radical (unpaired) electrons. The molecule has 3 aromatic rings. The van der Waals surface area contributed by atoms with Crippen LogP contribution in [0, 0.1) is 11.3 Å². The molecule has 1 aliphatic heterocycles. The van der Waals surface area contributed by atoms with E-state index in [1.54, 1.807) is 7.11 Å². The number of ether oxygens (including phenoxy) is 1. The third-order valence-electron chi connectivity index (χ3n) is 4.98. The van der Waals surface area contributed by atoms with Gasteiger partial charge in [0.2, 0.25) is 0 Å². The van der Waals surface area contributed by atoms with Gasteiger partial charge in [0.1, 0.15) is 5.75 Å². The number of methoxy groups -OCH3 is 1. The molecule has 0 amide bonds. The molecule has 0 saturated carbocycles. The summed E-state index contributed by atoms with van der Waals surface area (Å²) in [6, 6.07) is 13.5. The van der Waals surface area contributed by atoms with Crippen LogP contribution >= 0.6 is 36.4 Å². The number of nitrogens with zero attached hydrogens (tertiary/aromatic N) is 4. The van der Waals surface area contributed by atoms with E-state index < -0.39 is 0 Å². The fraction of sp³-hybridized carbons (Fsp3) is 0.286. The zero-order valence-electron chi connectivity index (χ0n) is 16.9. The number of nitrogens with one attached hydrogen (secondary N) is 2.